The van der Waals surface area contributed by atoms with Crippen LogP contribution in [0.25, 0.3) is 21.8 Å². The lowest BCUT2D eigenvalue weighted by atomic mass is 10.1. The van der Waals surface area contributed by atoms with Gasteiger partial charge in [0.1, 0.15) is 11.1 Å². The first-order chi connectivity index (χ1) is 11.5. The first kappa shape index (κ1) is 15.6. The zero-order valence-corrected chi connectivity index (χ0v) is 13.0. The second kappa shape index (κ2) is 5.73. The number of hydrogen-bond acceptors (Lipinski definition) is 6. The van der Waals surface area contributed by atoms with Gasteiger partial charge in [0, 0.05) is 25.5 Å². The molecule has 0 aliphatic rings. The number of nitrogens with zero attached hydrogens (tertiary/aromatic N) is 3. The van der Waals surface area contributed by atoms with Gasteiger partial charge in [0.05, 0.1) is 27.8 Å². The van der Waals surface area contributed by atoms with Gasteiger partial charge in [-0.1, -0.05) is 0 Å². The number of ether oxygens (including phenoxy) is 1. The molecule has 0 amide bonds. The van der Waals surface area contributed by atoms with Crippen molar-refractivity contribution in [1.82, 2.24) is 9.55 Å². The van der Waals surface area contributed by atoms with Crippen LogP contribution < -0.4 is 5.43 Å². The molecule has 0 N–H and O–H groups in total. The van der Waals surface area contributed by atoms with Crippen LogP contribution in [-0.2, 0) is 11.8 Å². The van der Waals surface area contributed by atoms with Crippen LogP contribution in [0.15, 0.2) is 35.4 Å². The highest BCUT2D eigenvalue weighted by atomic mass is 16.6. The summed E-state index contributed by atoms with van der Waals surface area (Å²) < 4.78 is 6.43. The van der Waals surface area contributed by atoms with Crippen LogP contribution in [0.4, 0.5) is 5.69 Å². The van der Waals surface area contributed by atoms with Crippen LogP contribution >= 0.6 is 0 Å². The average molecular weight is 327 g/mol. The highest BCUT2D eigenvalue weighted by Crippen LogP contribution is 2.30. The molecule has 0 spiro atoms. The topological polar surface area (TPSA) is 104 Å². The average Bonchev–Trinajstić information content (AvgIpc) is 2.56. The van der Waals surface area contributed by atoms with Gasteiger partial charge in [-0.25, -0.2) is 4.79 Å². The fourth-order valence-corrected chi connectivity index (χ4v) is 2.71. The van der Waals surface area contributed by atoms with E-state index in [1.165, 1.54) is 18.5 Å². The number of rotatable bonds is 3. The molecule has 0 radical (unpaired) electrons. The third-order valence-corrected chi connectivity index (χ3v) is 3.70. The van der Waals surface area contributed by atoms with E-state index in [4.69, 9.17) is 4.74 Å². The Morgan fingerprint density at radius 3 is 2.83 bits per heavy atom. The molecule has 0 aliphatic carbocycles. The summed E-state index contributed by atoms with van der Waals surface area (Å²) >= 11 is 0. The van der Waals surface area contributed by atoms with Crippen molar-refractivity contribution in [2.75, 3.05) is 6.61 Å². The van der Waals surface area contributed by atoms with Crippen LogP contribution in [0.3, 0.4) is 0 Å². The molecule has 122 valence electrons. The van der Waals surface area contributed by atoms with Crippen molar-refractivity contribution in [2.24, 2.45) is 7.05 Å². The van der Waals surface area contributed by atoms with Crippen molar-refractivity contribution in [3.05, 3.63) is 56.5 Å². The molecule has 0 atom stereocenters. The standard InChI is InChI=1S/C16H13N3O5/c1-3-24-16(21)11-8-18(2)14-10(15(11)20)7-12(19(22)23)9-5-4-6-17-13(9)14/h4-8H,3H2,1-2H3. The number of pyridine rings is 2. The normalized spacial score (nSPS) is 10.9. The molecule has 8 nitrogen and oxygen atoms in total. The van der Waals surface area contributed by atoms with Crippen molar-refractivity contribution < 1.29 is 14.5 Å². The molecular formula is C16H13N3O5. The number of carbonyl (C=O) groups excluding carboxylic acids is 1. The molecular weight excluding hydrogens is 314 g/mol. The van der Waals surface area contributed by atoms with E-state index < -0.39 is 16.3 Å². The van der Waals surface area contributed by atoms with Gasteiger partial charge in [-0.05, 0) is 19.1 Å². The van der Waals surface area contributed by atoms with Crippen LogP contribution in [0.1, 0.15) is 17.3 Å². The number of nitro benzene ring substituents is 1. The van der Waals surface area contributed by atoms with Gasteiger partial charge in [0.25, 0.3) is 5.69 Å². The zero-order valence-electron chi connectivity index (χ0n) is 13.0. The highest BCUT2D eigenvalue weighted by molar-refractivity contribution is 6.09. The minimum atomic E-state index is -0.760. The van der Waals surface area contributed by atoms with Crippen molar-refractivity contribution >= 4 is 33.5 Å². The van der Waals surface area contributed by atoms with E-state index in [1.54, 1.807) is 30.7 Å². The molecule has 0 aliphatic heterocycles. The monoisotopic (exact) mass is 327 g/mol. The van der Waals surface area contributed by atoms with Crippen LogP contribution in [0, 0.1) is 10.1 Å². The van der Waals surface area contributed by atoms with E-state index >= 15 is 0 Å². The molecule has 1 aromatic carbocycles. The Kier molecular flexibility index (Phi) is 3.72. The maximum absolute atomic E-state index is 12.7. The van der Waals surface area contributed by atoms with Gasteiger partial charge in [0.2, 0.25) is 5.43 Å². The largest absolute Gasteiger partial charge is 0.462 e. The fourth-order valence-electron chi connectivity index (χ4n) is 2.71. The fraction of sp³-hybridized carbons (Fsp3) is 0.188. The van der Waals surface area contributed by atoms with Crippen molar-refractivity contribution in [3.8, 4) is 0 Å². The molecule has 0 bridgehead atoms. The van der Waals surface area contributed by atoms with E-state index in [2.05, 4.69) is 4.98 Å². The third-order valence-electron chi connectivity index (χ3n) is 3.70. The summed E-state index contributed by atoms with van der Waals surface area (Å²) in [6, 6.07) is 4.35. The Balaban J connectivity index is 2.50. The lowest BCUT2D eigenvalue weighted by Crippen LogP contribution is -2.20. The minimum absolute atomic E-state index is 0.0564. The maximum atomic E-state index is 12.7. The number of non-ortho nitro benzene ring substituents is 1. The van der Waals surface area contributed by atoms with E-state index in [-0.39, 0.29) is 23.2 Å². The highest BCUT2D eigenvalue weighted by Gasteiger charge is 2.22. The van der Waals surface area contributed by atoms with Gasteiger partial charge in [-0.15, -0.1) is 0 Å². The molecule has 3 rings (SSSR count). The van der Waals surface area contributed by atoms with E-state index in [1.807, 2.05) is 0 Å². The van der Waals surface area contributed by atoms with Crippen LogP contribution in [-0.4, -0.2) is 27.1 Å². The predicted molar refractivity (Wildman–Crippen MR) is 87.1 cm³/mol. The predicted octanol–water partition coefficient (Wildman–Crippen LogP) is 2.17. The molecule has 0 fully saturated rings. The number of esters is 1. The Morgan fingerprint density at radius 2 is 2.17 bits per heavy atom. The molecule has 0 saturated carbocycles. The van der Waals surface area contributed by atoms with Crippen molar-refractivity contribution in [2.45, 2.75) is 6.92 Å². The second-order valence-corrected chi connectivity index (χ2v) is 5.15. The lowest BCUT2D eigenvalue weighted by Gasteiger charge is -2.11. The summed E-state index contributed by atoms with van der Waals surface area (Å²) in [4.78, 5) is 39.6. The summed E-state index contributed by atoms with van der Waals surface area (Å²) in [6.07, 6.45) is 2.86. The van der Waals surface area contributed by atoms with E-state index in [9.17, 15) is 19.7 Å². The first-order valence-electron chi connectivity index (χ1n) is 7.18. The number of fused-ring (bicyclic) bond motifs is 3. The molecule has 3 aromatic rings. The number of benzene rings is 1. The van der Waals surface area contributed by atoms with Crippen LogP contribution in [0.2, 0.25) is 0 Å². The molecule has 2 heterocycles. The second-order valence-electron chi connectivity index (χ2n) is 5.15. The lowest BCUT2D eigenvalue weighted by molar-refractivity contribution is -0.382. The van der Waals surface area contributed by atoms with Gasteiger partial charge in [-0.3, -0.25) is 19.9 Å². The summed E-state index contributed by atoms with van der Waals surface area (Å²) in [5.41, 5.74) is -0.261. The van der Waals surface area contributed by atoms with Gasteiger partial charge < -0.3 is 9.30 Å². The number of hydrogen-bond donors (Lipinski definition) is 0. The number of aromatic nitrogens is 2. The quantitative estimate of drug-likeness (QED) is 0.316. The number of aryl methyl sites for hydroxylation is 1. The Bertz CT molecular complexity index is 1050. The first-order valence-corrected chi connectivity index (χ1v) is 7.18. The zero-order chi connectivity index (χ0) is 17.4. The molecule has 2 aromatic heterocycles. The SMILES string of the molecule is CCOC(=O)c1cn(C)c2c(cc([N+](=O)[O-])c3cccnc32)c1=O. The van der Waals surface area contributed by atoms with Gasteiger partial charge in [-0.2, -0.15) is 0 Å². The summed E-state index contributed by atoms with van der Waals surface area (Å²) in [5, 5.41) is 11.7. The third kappa shape index (κ3) is 2.28. The van der Waals surface area contributed by atoms with Crippen LogP contribution in [0.5, 0.6) is 0 Å². The maximum Gasteiger partial charge on any atom is 0.343 e. The smallest absolute Gasteiger partial charge is 0.343 e. The minimum Gasteiger partial charge on any atom is -0.462 e. The summed E-state index contributed by atoms with van der Waals surface area (Å²) in [6.45, 7) is 1.76. The Hall–Kier alpha value is -3.29. The van der Waals surface area contributed by atoms with Crippen molar-refractivity contribution in [1.29, 1.82) is 0 Å². The Morgan fingerprint density at radius 1 is 1.42 bits per heavy atom. The van der Waals surface area contributed by atoms with E-state index in [0.717, 1.165) is 0 Å². The summed E-state index contributed by atoms with van der Waals surface area (Å²) in [7, 11) is 1.64. The summed E-state index contributed by atoms with van der Waals surface area (Å²) in [5.74, 6) is -0.760. The molecule has 0 saturated heterocycles. The molecule has 0 unspecified atom stereocenters. The van der Waals surface area contributed by atoms with E-state index in [0.29, 0.717) is 16.4 Å². The molecule has 8 heteroatoms. The molecule has 24 heavy (non-hydrogen) atoms. The van der Waals surface area contributed by atoms with Crippen molar-refractivity contribution in [3.63, 3.8) is 0 Å². The number of carbonyl (C=O) groups is 1. The number of nitro groups is 1. The Labute approximate surface area is 135 Å². The van der Waals surface area contributed by atoms with Gasteiger partial charge >= 0.3 is 5.97 Å². The van der Waals surface area contributed by atoms with Gasteiger partial charge in [0.15, 0.2) is 0 Å².